The van der Waals surface area contributed by atoms with Gasteiger partial charge < -0.3 is 9.84 Å². The number of terminal acetylenes is 1. The van der Waals surface area contributed by atoms with E-state index in [1.807, 2.05) is 6.07 Å². The third kappa shape index (κ3) is 4.58. The van der Waals surface area contributed by atoms with Gasteiger partial charge in [0.1, 0.15) is 17.5 Å². The van der Waals surface area contributed by atoms with E-state index in [0.717, 1.165) is 5.56 Å². The van der Waals surface area contributed by atoms with E-state index in [9.17, 15) is 14.7 Å². The summed E-state index contributed by atoms with van der Waals surface area (Å²) in [7, 11) is 0. The molecule has 0 amide bonds. The zero-order valence-corrected chi connectivity index (χ0v) is 13.4. The van der Waals surface area contributed by atoms with Crippen LogP contribution in [-0.2, 0) is 9.53 Å². The maximum atomic E-state index is 12.1. The molecule has 122 valence electrons. The van der Waals surface area contributed by atoms with Crippen molar-refractivity contribution in [1.82, 2.24) is 4.98 Å². The van der Waals surface area contributed by atoms with Crippen LogP contribution in [0.3, 0.4) is 0 Å². The Kier molecular flexibility index (Phi) is 5.94. The molecular formula is C18H14ClNO4. The Morgan fingerprint density at radius 1 is 1.25 bits per heavy atom. The van der Waals surface area contributed by atoms with Crippen molar-refractivity contribution in [2.75, 3.05) is 0 Å². The van der Waals surface area contributed by atoms with Crippen molar-refractivity contribution in [3.63, 3.8) is 0 Å². The summed E-state index contributed by atoms with van der Waals surface area (Å²) >= 11 is 5.93. The van der Waals surface area contributed by atoms with Crippen LogP contribution in [0.5, 0.6) is 5.75 Å². The van der Waals surface area contributed by atoms with Gasteiger partial charge in [0.05, 0.1) is 0 Å². The van der Waals surface area contributed by atoms with Gasteiger partial charge >= 0.3 is 5.97 Å². The number of ether oxygens (including phenoxy) is 1. The molecule has 2 rings (SSSR count). The van der Waals surface area contributed by atoms with Crippen LogP contribution in [0, 0.1) is 12.5 Å². The van der Waals surface area contributed by atoms with Crippen LogP contribution in [0.25, 0.3) is 11.1 Å². The Bertz CT molecular complexity index is 811. The SMILES string of the molecule is C#COC(=O)CCCC(=O)c1ncc(-c2cccc(Cl)c2)cc1O. The number of hydrogen-bond donors (Lipinski definition) is 1. The van der Waals surface area contributed by atoms with Gasteiger partial charge in [-0.1, -0.05) is 30.2 Å². The Morgan fingerprint density at radius 3 is 2.71 bits per heavy atom. The highest BCUT2D eigenvalue weighted by molar-refractivity contribution is 6.30. The number of hydrogen-bond acceptors (Lipinski definition) is 5. The van der Waals surface area contributed by atoms with Crippen molar-refractivity contribution in [2.24, 2.45) is 0 Å². The standard InChI is InChI=1S/C18H14ClNO4/c1-2-24-17(23)8-4-7-15(21)18-16(22)10-13(11-20-18)12-5-3-6-14(19)9-12/h1,3,5-6,9-11,22H,4,7-8H2. The molecule has 1 aromatic carbocycles. The molecular weight excluding hydrogens is 330 g/mol. The zero-order chi connectivity index (χ0) is 17.5. The maximum absolute atomic E-state index is 12.1. The predicted octanol–water partition coefficient (Wildman–Crippen LogP) is 3.59. The Hall–Kier alpha value is -2.84. The van der Waals surface area contributed by atoms with Gasteiger partial charge in [-0.25, -0.2) is 4.98 Å². The quantitative estimate of drug-likeness (QED) is 0.492. The minimum Gasteiger partial charge on any atom is -0.506 e. The fourth-order valence-electron chi connectivity index (χ4n) is 2.12. The van der Waals surface area contributed by atoms with Gasteiger partial charge in [-0.3, -0.25) is 9.59 Å². The Morgan fingerprint density at radius 2 is 2.04 bits per heavy atom. The molecule has 1 aromatic heterocycles. The van der Waals surface area contributed by atoms with E-state index < -0.39 is 5.97 Å². The highest BCUT2D eigenvalue weighted by Gasteiger charge is 2.15. The molecule has 1 N–H and O–H groups in total. The summed E-state index contributed by atoms with van der Waals surface area (Å²) in [6, 6.07) is 8.53. The van der Waals surface area contributed by atoms with Gasteiger partial charge in [-0.15, -0.1) is 0 Å². The number of ketones is 1. The molecule has 0 fully saturated rings. The number of esters is 1. The molecule has 0 saturated heterocycles. The summed E-state index contributed by atoms with van der Waals surface area (Å²) < 4.78 is 4.33. The molecule has 0 atom stereocenters. The summed E-state index contributed by atoms with van der Waals surface area (Å²) in [6.07, 6.45) is 8.44. The van der Waals surface area contributed by atoms with Crippen LogP contribution in [0.15, 0.2) is 36.5 Å². The number of aromatic hydroxyl groups is 1. The minimum absolute atomic E-state index is 0.0251. The molecule has 0 aliphatic carbocycles. The van der Waals surface area contributed by atoms with Crippen molar-refractivity contribution in [3.05, 3.63) is 47.2 Å². The molecule has 2 aromatic rings. The summed E-state index contributed by atoms with van der Waals surface area (Å²) in [4.78, 5) is 27.2. The van der Waals surface area contributed by atoms with Crippen molar-refractivity contribution >= 4 is 23.4 Å². The number of carbonyl (C=O) groups is 2. The number of benzene rings is 1. The van der Waals surface area contributed by atoms with Crippen LogP contribution >= 0.6 is 11.6 Å². The second kappa shape index (κ2) is 8.14. The molecule has 0 saturated carbocycles. The van der Waals surface area contributed by atoms with Gasteiger partial charge in [0.15, 0.2) is 5.78 Å². The first-order valence-corrected chi connectivity index (χ1v) is 7.52. The largest absolute Gasteiger partial charge is 0.506 e. The monoisotopic (exact) mass is 343 g/mol. The Balaban J connectivity index is 2.05. The molecule has 24 heavy (non-hydrogen) atoms. The highest BCUT2D eigenvalue weighted by atomic mass is 35.5. The van der Waals surface area contributed by atoms with Gasteiger partial charge in [0, 0.05) is 29.6 Å². The molecule has 0 radical (unpaired) electrons. The maximum Gasteiger partial charge on any atom is 0.319 e. The van der Waals surface area contributed by atoms with Crippen molar-refractivity contribution < 1.29 is 19.4 Å². The highest BCUT2D eigenvalue weighted by Crippen LogP contribution is 2.27. The lowest BCUT2D eigenvalue weighted by atomic mass is 10.0. The summed E-state index contributed by atoms with van der Waals surface area (Å²) in [5.74, 6) is -1.15. The van der Waals surface area contributed by atoms with Crippen molar-refractivity contribution in [3.8, 4) is 29.4 Å². The molecule has 5 nitrogen and oxygen atoms in total. The van der Waals surface area contributed by atoms with E-state index >= 15 is 0 Å². The second-order valence-corrected chi connectivity index (χ2v) is 5.41. The fourth-order valence-corrected chi connectivity index (χ4v) is 2.31. The molecule has 0 aliphatic heterocycles. The normalized spacial score (nSPS) is 10.0. The lowest BCUT2D eigenvalue weighted by Crippen LogP contribution is -2.05. The van der Waals surface area contributed by atoms with Crippen molar-refractivity contribution in [2.45, 2.75) is 19.3 Å². The first-order valence-electron chi connectivity index (χ1n) is 7.14. The predicted molar refractivity (Wildman–Crippen MR) is 89.5 cm³/mol. The van der Waals surface area contributed by atoms with Crippen LogP contribution < -0.4 is 0 Å². The smallest absolute Gasteiger partial charge is 0.319 e. The first kappa shape index (κ1) is 17.5. The van der Waals surface area contributed by atoms with Crippen LogP contribution in [-0.4, -0.2) is 21.8 Å². The molecule has 0 bridgehead atoms. The van der Waals surface area contributed by atoms with Crippen molar-refractivity contribution in [1.29, 1.82) is 0 Å². The third-order valence-electron chi connectivity index (χ3n) is 3.25. The topological polar surface area (TPSA) is 76.5 Å². The number of halogens is 1. The Labute approximate surface area is 144 Å². The van der Waals surface area contributed by atoms with Gasteiger partial charge in [0.2, 0.25) is 0 Å². The second-order valence-electron chi connectivity index (χ2n) is 4.97. The van der Waals surface area contributed by atoms with Gasteiger partial charge in [-0.2, -0.15) is 0 Å². The van der Waals surface area contributed by atoms with Crippen LogP contribution in [0.2, 0.25) is 5.02 Å². The zero-order valence-electron chi connectivity index (χ0n) is 12.7. The summed E-state index contributed by atoms with van der Waals surface area (Å²) in [5, 5.41) is 10.6. The van der Waals surface area contributed by atoms with E-state index in [2.05, 4.69) is 9.72 Å². The minimum atomic E-state index is -0.571. The number of aromatic nitrogens is 1. The van der Waals surface area contributed by atoms with E-state index in [1.54, 1.807) is 24.3 Å². The van der Waals surface area contributed by atoms with E-state index in [0.29, 0.717) is 10.6 Å². The number of pyridine rings is 1. The number of Topliss-reactive ketones (excluding diaryl/α,β-unsaturated/α-hetero) is 1. The lowest BCUT2D eigenvalue weighted by molar-refractivity contribution is -0.136. The van der Waals surface area contributed by atoms with Crippen LogP contribution in [0.1, 0.15) is 29.8 Å². The van der Waals surface area contributed by atoms with Crippen LogP contribution in [0.4, 0.5) is 0 Å². The average Bonchev–Trinajstić information content (AvgIpc) is 2.55. The van der Waals surface area contributed by atoms with E-state index in [-0.39, 0.29) is 36.5 Å². The average molecular weight is 344 g/mol. The number of rotatable bonds is 6. The first-order chi connectivity index (χ1) is 11.5. The molecule has 0 unspecified atom stereocenters. The van der Waals surface area contributed by atoms with Gasteiger partial charge in [0.25, 0.3) is 0 Å². The van der Waals surface area contributed by atoms with Gasteiger partial charge in [-0.05, 0) is 30.2 Å². The molecule has 6 heteroatoms. The number of nitrogens with zero attached hydrogens (tertiary/aromatic N) is 1. The van der Waals surface area contributed by atoms with E-state index in [4.69, 9.17) is 18.0 Å². The lowest BCUT2D eigenvalue weighted by Gasteiger charge is -2.06. The van der Waals surface area contributed by atoms with E-state index in [1.165, 1.54) is 12.3 Å². The molecule has 0 spiro atoms. The third-order valence-corrected chi connectivity index (χ3v) is 3.48. The number of carbonyl (C=O) groups excluding carboxylic acids is 2. The molecule has 1 heterocycles. The fraction of sp³-hybridized carbons (Fsp3) is 0.167. The summed E-state index contributed by atoms with van der Waals surface area (Å²) in [6.45, 7) is 0. The summed E-state index contributed by atoms with van der Waals surface area (Å²) in [5.41, 5.74) is 1.39. The molecule has 0 aliphatic rings.